The fourth-order valence-corrected chi connectivity index (χ4v) is 2.41. The van der Waals surface area contributed by atoms with Gasteiger partial charge in [0.15, 0.2) is 4.96 Å². The van der Waals surface area contributed by atoms with Gasteiger partial charge in [-0.3, -0.25) is 4.40 Å². The molecule has 0 unspecified atom stereocenters. The summed E-state index contributed by atoms with van der Waals surface area (Å²) in [5.74, 6) is 0.526. The van der Waals surface area contributed by atoms with Crippen molar-refractivity contribution in [2.75, 3.05) is 0 Å². The van der Waals surface area contributed by atoms with E-state index < -0.39 is 0 Å². The van der Waals surface area contributed by atoms with Crippen LogP contribution in [0.1, 0.15) is 16.3 Å². The third-order valence-corrected chi connectivity index (χ3v) is 3.37. The van der Waals surface area contributed by atoms with Gasteiger partial charge in [0.25, 0.3) is 0 Å². The number of imidazole rings is 1. The molecule has 4 heteroatoms. The summed E-state index contributed by atoms with van der Waals surface area (Å²) in [4.78, 5) is 6.62. The Balaban J connectivity index is 2.82. The first kappa shape index (κ1) is 8.08. The lowest BCUT2D eigenvalue weighted by Gasteiger charge is -1.95. The number of thiazole rings is 1. The van der Waals surface area contributed by atoms with Crippen molar-refractivity contribution in [3.05, 3.63) is 22.5 Å². The molecule has 2 aromatic heterocycles. The molecule has 0 fully saturated rings. The third-order valence-electron chi connectivity index (χ3n) is 2.03. The lowest BCUT2D eigenvalue weighted by atomic mass is 10.4. The van der Waals surface area contributed by atoms with E-state index in [9.17, 15) is 0 Å². The van der Waals surface area contributed by atoms with Crippen molar-refractivity contribution in [1.29, 1.82) is 0 Å². The zero-order valence-corrected chi connectivity index (χ0v) is 8.54. The maximum Gasteiger partial charge on any atom is 0.194 e. The van der Waals surface area contributed by atoms with Crippen molar-refractivity contribution in [1.82, 2.24) is 9.38 Å². The zero-order valence-electron chi connectivity index (χ0n) is 6.97. The predicted octanol–water partition coefficient (Wildman–Crippen LogP) is 2.75. The maximum atomic E-state index is 5.77. The molecule has 12 heavy (non-hydrogen) atoms. The van der Waals surface area contributed by atoms with Crippen LogP contribution in [0, 0.1) is 13.8 Å². The van der Waals surface area contributed by atoms with Crippen molar-refractivity contribution in [2.45, 2.75) is 19.7 Å². The average Bonchev–Trinajstić information content (AvgIpc) is 2.55. The fourth-order valence-electron chi connectivity index (χ4n) is 1.26. The van der Waals surface area contributed by atoms with Gasteiger partial charge in [-0.05, 0) is 13.8 Å². The van der Waals surface area contributed by atoms with Crippen molar-refractivity contribution >= 4 is 27.9 Å². The molecular weight excluding hydrogens is 192 g/mol. The van der Waals surface area contributed by atoms with E-state index in [1.807, 2.05) is 6.20 Å². The lowest BCUT2D eigenvalue weighted by molar-refractivity contribution is 1.04. The molecule has 0 atom stereocenters. The van der Waals surface area contributed by atoms with Crippen LogP contribution in [-0.2, 0) is 5.88 Å². The number of hydrogen-bond acceptors (Lipinski definition) is 2. The topological polar surface area (TPSA) is 17.3 Å². The van der Waals surface area contributed by atoms with Gasteiger partial charge < -0.3 is 0 Å². The van der Waals surface area contributed by atoms with Gasteiger partial charge >= 0.3 is 0 Å². The van der Waals surface area contributed by atoms with Gasteiger partial charge in [-0.15, -0.1) is 22.9 Å². The second kappa shape index (κ2) is 2.75. The number of rotatable bonds is 1. The van der Waals surface area contributed by atoms with Gasteiger partial charge in [0.1, 0.15) is 0 Å². The Labute approximate surface area is 79.8 Å². The molecular formula is C8H9ClN2S. The summed E-state index contributed by atoms with van der Waals surface area (Å²) in [5.41, 5.74) is 2.33. The maximum absolute atomic E-state index is 5.77. The van der Waals surface area contributed by atoms with Gasteiger partial charge in [0, 0.05) is 10.6 Å². The molecule has 2 aromatic rings. The minimum absolute atomic E-state index is 0.526. The van der Waals surface area contributed by atoms with E-state index in [0.29, 0.717) is 5.88 Å². The van der Waals surface area contributed by atoms with Crippen molar-refractivity contribution in [3.8, 4) is 0 Å². The molecule has 2 heterocycles. The summed E-state index contributed by atoms with van der Waals surface area (Å²) in [6, 6.07) is 0. The molecule has 2 rings (SSSR count). The number of hydrogen-bond donors (Lipinski definition) is 0. The summed E-state index contributed by atoms with van der Waals surface area (Å²) < 4.78 is 2.12. The van der Waals surface area contributed by atoms with Crippen LogP contribution in [0.2, 0.25) is 0 Å². The molecule has 0 aliphatic carbocycles. The quantitative estimate of drug-likeness (QED) is 0.648. The van der Waals surface area contributed by atoms with Crippen LogP contribution in [-0.4, -0.2) is 9.38 Å². The molecule has 2 nitrogen and oxygen atoms in total. The standard InChI is InChI=1S/C8H9ClN2S/c1-5-6(2)12-8-10-4-7(3-9)11(5)8/h4H,3H2,1-2H3. The zero-order chi connectivity index (χ0) is 8.72. The Hall–Kier alpha value is -0.540. The fraction of sp³-hybridized carbons (Fsp3) is 0.375. The van der Waals surface area contributed by atoms with Crippen LogP contribution in [0.5, 0.6) is 0 Å². The molecule has 0 aromatic carbocycles. The summed E-state index contributed by atoms with van der Waals surface area (Å²) in [5, 5.41) is 0. The highest BCUT2D eigenvalue weighted by atomic mass is 35.5. The van der Waals surface area contributed by atoms with Crippen molar-refractivity contribution in [3.63, 3.8) is 0 Å². The molecule has 0 aliphatic rings. The van der Waals surface area contributed by atoms with Gasteiger partial charge in [0.2, 0.25) is 0 Å². The van der Waals surface area contributed by atoms with E-state index in [4.69, 9.17) is 11.6 Å². The van der Waals surface area contributed by atoms with Crippen LogP contribution >= 0.6 is 22.9 Å². The number of aryl methyl sites for hydroxylation is 2. The third kappa shape index (κ3) is 0.967. The van der Waals surface area contributed by atoms with E-state index >= 15 is 0 Å². The first-order valence-corrected chi connectivity index (χ1v) is 5.07. The van der Waals surface area contributed by atoms with Crippen molar-refractivity contribution in [2.24, 2.45) is 0 Å². The number of alkyl halides is 1. The van der Waals surface area contributed by atoms with Gasteiger partial charge in [-0.1, -0.05) is 0 Å². The molecule has 0 aliphatic heterocycles. The van der Waals surface area contributed by atoms with E-state index in [-0.39, 0.29) is 0 Å². The largest absolute Gasteiger partial charge is 0.290 e. The first-order valence-electron chi connectivity index (χ1n) is 3.72. The Morgan fingerprint density at radius 1 is 1.58 bits per heavy atom. The van der Waals surface area contributed by atoms with Crippen LogP contribution < -0.4 is 0 Å². The minimum Gasteiger partial charge on any atom is -0.290 e. The summed E-state index contributed by atoms with van der Waals surface area (Å²) in [7, 11) is 0. The molecule has 0 spiro atoms. The number of nitrogens with zero attached hydrogens (tertiary/aromatic N) is 2. The molecule has 0 radical (unpaired) electrons. The van der Waals surface area contributed by atoms with Crippen LogP contribution in [0.3, 0.4) is 0 Å². The van der Waals surface area contributed by atoms with Crippen molar-refractivity contribution < 1.29 is 0 Å². The minimum atomic E-state index is 0.526. The normalized spacial score (nSPS) is 11.2. The van der Waals surface area contributed by atoms with E-state index in [1.165, 1.54) is 10.6 Å². The number of aromatic nitrogens is 2. The summed E-state index contributed by atoms with van der Waals surface area (Å²) in [6.45, 7) is 4.20. The van der Waals surface area contributed by atoms with E-state index in [1.54, 1.807) is 11.3 Å². The molecule has 0 amide bonds. The average molecular weight is 201 g/mol. The Kier molecular flexibility index (Phi) is 1.85. The smallest absolute Gasteiger partial charge is 0.194 e. The highest BCUT2D eigenvalue weighted by Crippen LogP contribution is 2.23. The molecule has 0 saturated heterocycles. The molecule has 0 bridgehead atoms. The molecule has 0 N–H and O–H groups in total. The lowest BCUT2D eigenvalue weighted by Crippen LogP contribution is -1.89. The van der Waals surface area contributed by atoms with Gasteiger partial charge in [-0.25, -0.2) is 4.98 Å². The Morgan fingerprint density at radius 2 is 2.33 bits per heavy atom. The highest BCUT2D eigenvalue weighted by Gasteiger charge is 2.08. The van der Waals surface area contributed by atoms with Crippen LogP contribution in [0.15, 0.2) is 6.20 Å². The Bertz CT molecular complexity index is 416. The second-order valence-corrected chi connectivity index (χ2v) is 4.19. The summed E-state index contributed by atoms with van der Waals surface area (Å²) in [6.07, 6.45) is 1.84. The van der Waals surface area contributed by atoms with E-state index in [2.05, 4.69) is 23.2 Å². The van der Waals surface area contributed by atoms with Gasteiger partial charge in [-0.2, -0.15) is 0 Å². The second-order valence-electron chi connectivity index (χ2n) is 2.74. The van der Waals surface area contributed by atoms with Crippen LogP contribution in [0.25, 0.3) is 4.96 Å². The SMILES string of the molecule is Cc1sc2ncc(CCl)n2c1C. The van der Waals surface area contributed by atoms with Crippen LogP contribution in [0.4, 0.5) is 0 Å². The monoisotopic (exact) mass is 200 g/mol. The number of halogens is 1. The Morgan fingerprint density at radius 3 is 3.00 bits per heavy atom. The summed E-state index contributed by atoms with van der Waals surface area (Å²) >= 11 is 7.48. The first-order chi connectivity index (χ1) is 5.74. The molecule has 0 saturated carbocycles. The predicted molar refractivity (Wildman–Crippen MR) is 52.1 cm³/mol. The van der Waals surface area contributed by atoms with E-state index in [0.717, 1.165) is 10.7 Å². The number of fused-ring (bicyclic) bond motifs is 1. The molecule has 64 valence electrons. The highest BCUT2D eigenvalue weighted by molar-refractivity contribution is 7.17. The van der Waals surface area contributed by atoms with Gasteiger partial charge in [0.05, 0.1) is 17.8 Å².